The molecule has 0 saturated carbocycles. The normalized spacial score (nSPS) is 12.0. The van der Waals surface area contributed by atoms with Gasteiger partial charge in [0.05, 0.1) is 22.6 Å². The van der Waals surface area contributed by atoms with Crippen molar-refractivity contribution in [3.05, 3.63) is 158 Å². The lowest BCUT2D eigenvalue weighted by Crippen LogP contribution is -2.14. The van der Waals surface area contributed by atoms with Crippen LogP contribution in [0.5, 0.6) is 0 Å². The number of aromatic nitrogens is 3. The highest BCUT2D eigenvalue weighted by atomic mass is 15.3. The molecule has 0 bridgehead atoms. The van der Waals surface area contributed by atoms with Crippen LogP contribution in [0.25, 0.3) is 61.0 Å². The Morgan fingerprint density at radius 2 is 1.00 bits per heavy atom. The Balaban J connectivity index is 1.41. The Kier molecular flexibility index (Phi) is 5.47. The monoisotopic (exact) mass is 562 g/mol. The maximum atomic E-state index is 5.01. The van der Waals surface area contributed by atoms with Crippen molar-refractivity contribution in [2.24, 2.45) is 0 Å². The second-order valence-corrected chi connectivity index (χ2v) is 11.1. The minimum atomic E-state index is 0.806. The van der Waals surface area contributed by atoms with Gasteiger partial charge in [0, 0.05) is 44.1 Å². The van der Waals surface area contributed by atoms with Crippen LogP contribution in [0.4, 0.5) is 17.2 Å². The van der Waals surface area contributed by atoms with Crippen molar-refractivity contribution in [2.75, 3.05) is 4.90 Å². The molecule has 4 nitrogen and oxygen atoms in total. The standard InChI is InChI=1S/C40H26N4/c1-3-15-27(16-4-1)38-29-19-7-8-20-30(29)40(42-41-38)44-35-25-13-10-22-32(35)37-31-21-9-12-24-34(31)43(28-17-5-2-6-18-28)39(37)33-23-11-14-26-36(33)44/h1-26H. The highest BCUT2D eigenvalue weighted by molar-refractivity contribution is 6.14. The topological polar surface area (TPSA) is 34.0 Å². The van der Waals surface area contributed by atoms with Gasteiger partial charge in [-0.1, -0.05) is 127 Å². The summed E-state index contributed by atoms with van der Waals surface area (Å²) in [5.74, 6) is 0.806. The van der Waals surface area contributed by atoms with Gasteiger partial charge >= 0.3 is 0 Å². The Morgan fingerprint density at radius 1 is 0.432 bits per heavy atom. The van der Waals surface area contributed by atoms with Crippen LogP contribution in [0.15, 0.2) is 158 Å². The maximum Gasteiger partial charge on any atom is 0.168 e. The molecule has 0 amide bonds. The molecule has 0 aliphatic carbocycles. The smallest absolute Gasteiger partial charge is 0.168 e. The lowest BCUT2D eigenvalue weighted by Gasteiger charge is -2.27. The van der Waals surface area contributed by atoms with E-state index in [1.54, 1.807) is 0 Å². The van der Waals surface area contributed by atoms with Gasteiger partial charge in [-0.25, -0.2) is 0 Å². The molecule has 4 heteroatoms. The Bertz CT molecular complexity index is 2340. The van der Waals surface area contributed by atoms with Gasteiger partial charge in [-0.05, 0) is 30.3 Å². The molecule has 1 aliphatic heterocycles. The summed E-state index contributed by atoms with van der Waals surface area (Å²) < 4.78 is 2.41. The Hall–Kier alpha value is -6.00. The first-order chi connectivity index (χ1) is 21.9. The van der Waals surface area contributed by atoms with Crippen LogP contribution in [0.3, 0.4) is 0 Å². The maximum absolute atomic E-state index is 5.01. The number of nitrogens with zero attached hydrogens (tertiary/aromatic N) is 4. The minimum Gasteiger partial charge on any atom is -0.309 e. The van der Waals surface area contributed by atoms with E-state index in [-0.39, 0.29) is 0 Å². The lowest BCUT2D eigenvalue weighted by molar-refractivity contribution is 1.03. The van der Waals surface area contributed by atoms with Crippen molar-refractivity contribution in [2.45, 2.75) is 0 Å². The van der Waals surface area contributed by atoms with Crippen LogP contribution in [0, 0.1) is 0 Å². The van der Waals surface area contributed by atoms with Crippen LogP contribution in [0.2, 0.25) is 0 Å². The fourth-order valence-electron chi connectivity index (χ4n) is 6.78. The molecule has 206 valence electrons. The number of hydrogen-bond donors (Lipinski definition) is 0. The molecule has 0 unspecified atom stereocenters. The molecule has 0 saturated heterocycles. The minimum absolute atomic E-state index is 0.806. The van der Waals surface area contributed by atoms with Crippen molar-refractivity contribution >= 4 is 38.9 Å². The summed E-state index contributed by atoms with van der Waals surface area (Å²) in [5, 5.41) is 13.2. The molecule has 0 radical (unpaired) electrons. The quantitative estimate of drug-likeness (QED) is 0.215. The van der Waals surface area contributed by atoms with Gasteiger partial charge in [-0.2, -0.15) is 0 Å². The van der Waals surface area contributed by atoms with Crippen molar-refractivity contribution < 1.29 is 0 Å². The predicted octanol–water partition coefficient (Wildman–Crippen LogP) is 10.4. The molecule has 9 rings (SSSR count). The van der Waals surface area contributed by atoms with Gasteiger partial charge in [-0.15, -0.1) is 10.2 Å². The van der Waals surface area contributed by atoms with Crippen molar-refractivity contribution in [1.29, 1.82) is 0 Å². The molecular formula is C40H26N4. The van der Waals surface area contributed by atoms with E-state index in [1.165, 1.54) is 22.2 Å². The SMILES string of the molecule is c1ccc(-c2nnc(N3c4ccccc4-c4c(n(-c5ccccc5)c5ccccc45)-c4ccccc43)c3ccccc23)cc1. The second kappa shape index (κ2) is 9.79. The molecule has 0 atom stereocenters. The summed E-state index contributed by atoms with van der Waals surface area (Å²) in [5.41, 5.74) is 11.0. The first-order valence-electron chi connectivity index (χ1n) is 14.9. The zero-order valence-electron chi connectivity index (χ0n) is 23.8. The van der Waals surface area contributed by atoms with Crippen molar-refractivity contribution in [3.8, 4) is 39.3 Å². The highest BCUT2D eigenvalue weighted by Gasteiger charge is 2.32. The summed E-state index contributed by atoms with van der Waals surface area (Å²) >= 11 is 0. The number of hydrogen-bond acceptors (Lipinski definition) is 3. The van der Waals surface area contributed by atoms with E-state index >= 15 is 0 Å². The van der Waals surface area contributed by atoms with Gasteiger partial charge in [0.2, 0.25) is 0 Å². The van der Waals surface area contributed by atoms with E-state index in [4.69, 9.17) is 10.2 Å². The molecule has 0 spiro atoms. The zero-order valence-corrected chi connectivity index (χ0v) is 23.8. The average molecular weight is 563 g/mol. The summed E-state index contributed by atoms with van der Waals surface area (Å²) in [7, 11) is 0. The third kappa shape index (κ3) is 3.58. The molecule has 0 fully saturated rings. The van der Waals surface area contributed by atoms with Crippen LogP contribution in [0.1, 0.15) is 0 Å². The molecule has 1 aliphatic rings. The van der Waals surface area contributed by atoms with Gasteiger partial charge in [-0.3, -0.25) is 4.90 Å². The van der Waals surface area contributed by atoms with E-state index in [1.807, 2.05) is 18.2 Å². The fourth-order valence-corrected chi connectivity index (χ4v) is 6.78. The van der Waals surface area contributed by atoms with E-state index in [0.717, 1.165) is 56.0 Å². The van der Waals surface area contributed by atoms with Gasteiger partial charge < -0.3 is 4.57 Å². The zero-order chi connectivity index (χ0) is 29.0. The van der Waals surface area contributed by atoms with Gasteiger partial charge in [0.25, 0.3) is 0 Å². The molecule has 3 heterocycles. The molecule has 6 aromatic carbocycles. The number of rotatable bonds is 3. The van der Waals surface area contributed by atoms with Crippen LogP contribution in [-0.4, -0.2) is 14.8 Å². The fraction of sp³-hybridized carbons (Fsp3) is 0. The van der Waals surface area contributed by atoms with Crippen molar-refractivity contribution in [1.82, 2.24) is 14.8 Å². The number of fused-ring (bicyclic) bond motifs is 8. The summed E-state index contributed by atoms with van der Waals surface area (Å²) in [6.07, 6.45) is 0. The molecule has 44 heavy (non-hydrogen) atoms. The van der Waals surface area contributed by atoms with Gasteiger partial charge in [0.1, 0.15) is 5.69 Å². The van der Waals surface area contributed by atoms with Gasteiger partial charge in [0.15, 0.2) is 5.82 Å². The first kappa shape index (κ1) is 24.6. The Labute approximate surface area is 255 Å². The van der Waals surface area contributed by atoms with E-state index in [0.29, 0.717) is 0 Å². The first-order valence-corrected chi connectivity index (χ1v) is 14.9. The third-order valence-electron chi connectivity index (χ3n) is 8.63. The molecule has 2 aromatic heterocycles. The largest absolute Gasteiger partial charge is 0.309 e. The number of para-hydroxylation sites is 4. The van der Waals surface area contributed by atoms with Crippen LogP contribution >= 0.6 is 0 Å². The van der Waals surface area contributed by atoms with E-state index < -0.39 is 0 Å². The van der Waals surface area contributed by atoms with Crippen LogP contribution in [-0.2, 0) is 0 Å². The summed E-state index contributed by atoms with van der Waals surface area (Å²) in [6.45, 7) is 0. The third-order valence-corrected chi connectivity index (χ3v) is 8.63. The van der Waals surface area contributed by atoms with Crippen molar-refractivity contribution in [3.63, 3.8) is 0 Å². The highest BCUT2D eigenvalue weighted by Crippen LogP contribution is 2.54. The predicted molar refractivity (Wildman–Crippen MR) is 181 cm³/mol. The second-order valence-electron chi connectivity index (χ2n) is 11.1. The van der Waals surface area contributed by atoms with E-state index in [9.17, 15) is 0 Å². The number of anilines is 3. The summed E-state index contributed by atoms with van der Waals surface area (Å²) in [6, 6.07) is 55.5. The summed E-state index contributed by atoms with van der Waals surface area (Å²) in [4.78, 5) is 2.30. The van der Waals surface area contributed by atoms with Crippen LogP contribution < -0.4 is 4.90 Å². The average Bonchev–Trinajstić information content (AvgIpc) is 3.38. The lowest BCUT2D eigenvalue weighted by atomic mass is 9.98. The molecular weight excluding hydrogens is 536 g/mol. The Morgan fingerprint density at radius 3 is 1.77 bits per heavy atom. The molecule has 8 aromatic rings. The molecule has 0 N–H and O–H groups in total. The number of benzene rings is 6. The van der Waals surface area contributed by atoms with E-state index in [2.05, 4.69) is 149 Å².